The maximum atomic E-state index is 13.1. The molecular formula is C15H19F3N4O2. The van der Waals surface area contributed by atoms with Crippen LogP contribution >= 0.6 is 0 Å². The Morgan fingerprint density at radius 3 is 2.21 bits per heavy atom. The van der Waals surface area contributed by atoms with Gasteiger partial charge in [0.1, 0.15) is 5.56 Å². The van der Waals surface area contributed by atoms with Crippen LogP contribution in [0.25, 0.3) is 0 Å². The molecule has 2 aromatic rings. The Morgan fingerprint density at radius 1 is 1.12 bits per heavy atom. The van der Waals surface area contributed by atoms with E-state index in [1.807, 2.05) is 13.8 Å². The lowest BCUT2D eigenvalue weighted by Gasteiger charge is -2.16. The molecule has 0 amide bonds. The van der Waals surface area contributed by atoms with Crippen LogP contribution in [-0.2, 0) is 12.7 Å². The number of alkyl halides is 3. The van der Waals surface area contributed by atoms with Crippen LogP contribution < -0.4 is 11.2 Å². The van der Waals surface area contributed by atoms with E-state index in [2.05, 4.69) is 5.10 Å². The Labute approximate surface area is 136 Å². The van der Waals surface area contributed by atoms with Crippen LogP contribution in [-0.4, -0.2) is 18.9 Å². The number of halogens is 3. The lowest BCUT2D eigenvalue weighted by Crippen LogP contribution is -2.44. The minimum atomic E-state index is -4.83. The molecule has 0 saturated carbocycles. The number of rotatable bonds is 4. The zero-order valence-electron chi connectivity index (χ0n) is 13.8. The minimum absolute atomic E-state index is 0.0595. The first-order valence-electron chi connectivity index (χ1n) is 7.49. The van der Waals surface area contributed by atoms with Crippen molar-refractivity contribution in [3.8, 4) is 0 Å². The molecule has 2 heterocycles. The highest BCUT2D eigenvalue weighted by Gasteiger charge is 2.36. The number of nitrogens with zero attached hydrogens (tertiary/aromatic N) is 4. The Kier molecular flexibility index (Phi) is 4.73. The summed E-state index contributed by atoms with van der Waals surface area (Å²) in [6.07, 6.45) is -2.60. The molecule has 0 bridgehead atoms. The zero-order chi connectivity index (χ0) is 18.2. The molecule has 24 heavy (non-hydrogen) atoms. The van der Waals surface area contributed by atoms with Crippen molar-refractivity contribution in [2.75, 3.05) is 0 Å². The van der Waals surface area contributed by atoms with Gasteiger partial charge in [-0.2, -0.15) is 18.3 Å². The molecule has 0 unspecified atom stereocenters. The van der Waals surface area contributed by atoms with Crippen LogP contribution in [0.4, 0.5) is 13.2 Å². The standard InChI is InChI=1S/C15H19F3N4O2/c1-9(2)20-8-12(15(16,17)18)13(23)21(14(20)24)7-11-5-6-22(19-11)10(3)4/h5-6,8-10H,7H2,1-4H3. The lowest BCUT2D eigenvalue weighted by atomic mass is 10.3. The average molecular weight is 344 g/mol. The van der Waals surface area contributed by atoms with E-state index in [1.165, 1.54) is 0 Å². The molecule has 2 aromatic heterocycles. The van der Waals surface area contributed by atoms with Gasteiger partial charge in [-0.15, -0.1) is 0 Å². The van der Waals surface area contributed by atoms with Gasteiger partial charge < -0.3 is 0 Å². The number of hydrogen-bond acceptors (Lipinski definition) is 3. The summed E-state index contributed by atoms with van der Waals surface area (Å²) in [5.74, 6) is 0. The second-order valence-electron chi connectivity index (χ2n) is 6.10. The summed E-state index contributed by atoms with van der Waals surface area (Å²) in [7, 11) is 0. The van der Waals surface area contributed by atoms with Gasteiger partial charge in [0, 0.05) is 24.5 Å². The molecule has 2 rings (SSSR count). The van der Waals surface area contributed by atoms with Crippen molar-refractivity contribution in [1.29, 1.82) is 0 Å². The molecule has 0 aliphatic heterocycles. The van der Waals surface area contributed by atoms with Crippen molar-refractivity contribution in [3.05, 3.63) is 50.6 Å². The minimum Gasteiger partial charge on any atom is -0.297 e. The topological polar surface area (TPSA) is 61.8 Å². The Hall–Kier alpha value is -2.32. The third-order valence-corrected chi connectivity index (χ3v) is 3.57. The Morgan fingerprint density at radius 2 is 1.75 bits per heavy atom. The number of aromatic nitrogens is 4. The molecule has 0 N–H and O–H groups in total. The van der Waals surface area contributed by atoms with Crippen LogP contribution in [0.2, 0.25) is 0 Å². The van der Waals surface area contributed by atoms with Crippen molar-refractivity contribution in [2.24, 2.45) is 0 Å². The fourth-order valence-corrected chi connectivity index (χ4v) is 2.24. The Balaban J connectivity index is 2.61. The van der Waals surface area contributed by atoms with Gasteiger partial charge in [-0.05, 0) is 33.8 Å². The first-order valence-corrected chi connectivity index (χ1v) is 7.49. The van der Waals surface area contributed by atoms with Gasteiger partial charge in [0.2, 0.25) is 0 Å². The molecule has 0 atom stereocenters. The van der Waals surface area contributed by atoms with Crippen molar-refractivity contribution in [3.63, 3.8) is 0 Å². The highest BCUT2D eigenvalue weighted by Crippen LogP contribution is 2.26. The third-order valence-electron chi connectivity index (χ3n) is 3.57. The van der Waals surface area contributed by atoms with Crippen LogP contribution in [0.3, 0.4) is 0 Å². The second-order valence-corrected chi connectivity index (χ2v) is 6.10. The normalized spacial score (nSPS) is 12.4. The summed E-state index contributed by atoms with van der Waals surface area (Å²) < 4.78 is 42.4. The van der Waals surface area contributed by atoms with Crippen LogP contribution in [0.15, 0.2) is 28.0 Å². The van der Waals surface area contributed by atoms with E-state index in [4.69, 9.17) is 0 Å². The van der Waals surface area contributed by atoms with Gasteiger partial charge in [-0.3, -0.25) is 18.6 Å². The summed E-state index contributed by atoms with van der Waals surface area (Å²) >= 11 is 0. The van der Waals surface area contributed by atoms with E-state index in [9.17, 15) is 22.8 Å². The smallest absolute Gasteiger partial charge is 0.297 e. The maximum absolute atomic E-state index is 13.1. The summed E-state index contributed by atoms with van der Waals surface area (Å²) in [5, 5.41) is 4.18. The third kappa shape index (κ3) is 3.44. The summed E-state index contributed by atoms with van der Waals surface area (Å²) in [4.78, 5) is 24.5. The molecule has 0 radical (unpaired) electrons. The molecule has 0 fully saturated rings. The fourth-order valence-electron chi connectivity index (χ4n) is 2.24. The molecular weight excluding hydrogens is 325 g/mol. The van der Waals surface area contributed by atoms with E-state index in [0.717, 1.165) is 4.57 Å². The molecule has 6 nitrogen and oxygen atoms in total. The quantitative estimate of drug-likeness (QED) is 0.856. The fraction of sp³-hybridized carbons (Fsp3) is 0.533. The van der Waals surface area contributed by atoms with Crippen molar-refractivity contribution in [1.82, 2.24) is 18.9 Å². The maximum Gasteiger partial charge on any atom is 0.423 e. The first kappa shape index (κ1) is 18.0. The molecule has 0 spiro atoms. The van der Waals surface area contributed by atoms with Gasteiger partial charge in [-0.1, -0.05) is 0 Å². The summed E-state index contributed by atoms with van der Waals surface area (Å²) in [6, 6.07) is 1.12. The predicted octanol–water partition coefficient (Wildman–Crippen LogP) is 2.44. The second kappa shape index (κ2) is 6.29. The summed E-state index contributed by atoms with van der Waals surface area (Å²) in [6.45, 7) is 6.61. The van der Waals surface area contributed by atoms with E-state index < -0.39 is 29.0 Å². The van der Waals surface area contributed by atoms with Crippen LogP contribution in [0.1, 0.15) is 51.0 Å². The molecule has 0 aromatic carbocycles. The largest absolute Gasteiger partial charge is 0.423 e. The highest BCUT2D eigenvalue weighted by molar-refractivity contribution is 5.12. The van der Waals surface area contributed by atoms with Crippen LogP contribution in [0.5, 0.6) is 0 Å². The van der Waals surface area contributed by atoms with Crippen LogP contribution in [0, 0.1) is 0 Å². The molecule has 0 aliphatic rings. The Bertz CT molecular complexity index is 844. The highest BCUT2D eigenvalue weighted by atomic mass is 19.4. The van der Waals surface area contributed by atoms with Gasteiger partial charge in [0.05, 0.1) is 12.2 Å². The SMILES string of the molecule is CC(C)n1ccc(Cn2c(=O)c(C(F)(F)F)cn(C(C)C)c2=O)n1. The van der Waals surface area contributed by atoms with Crippen molar-refractivity contribution < 1.29 is 13.2 Å². The van der Waals surface area contributed by atoms with Gasteiger partial charge in [0.25, 0.3) is 5.56 Å². The number of hydrogen-bond donors (Lipinski definition) is 0. The van der Waals surface area contributed by atoms with E-state index in [1.54, 1.807) is 30.8 Å². The van der Waals surface area contributed by atoms with Crippen molar-refractivity contribution >= 4 is 0 Å². The van der Waals surface area contributed by atoms with E-state index in [-0.39, 0.29) is 12.6 Å². The van der Waals surface area contributed by atoms with E-state index in [0.29, 0.717) is 16.5 Å². The molecule has 0 saturated heterocycles. The van der Waals surface area contributed by atoms with Gasteiger partial charge in [0.15, 0.2) is 0 Å². The van der Waals surface area contributed by atoms with Gasteiger partial charge >= 0.3 is 11.9 Å². The van der Waals surface area contributed by atoms with Gasteiger partial charge in [-0.25, -0.2) is 4.79 Å². The molecule has 132 valence electrons. The monoisotopic (exact) mass is 344 g/mol. The van der Waals surface area contributed by atoms with E-state index >= 15 is 0 Å². The average Bonchev–Trinajstić information content (AvgIpc) is 2.90. The molecule has 0 aliphatic carbocycles. The predicted molar refractivity (Wildman–Crippen MR) is 82.1 cm³/mol. The lowest BCUT2D eigenvalue weighted by molar-refractivity contribution is -0.139. The van der Waals surface area contributed by atoms with Crippen molar-refractivity contribution in [2.45, 2.75) is 52.5 Å². The molecule has 9 heteroatoms. The zero-order valence-corrected chi connectivity index (χ0v) is 13.8. The first-order chi connectivity index (χ1) is 11.0. The summed E-state index contributed by atoms with van der Waals surface area (Å²) in [5.41, 5.74) is -3.16.